The van der Waals surface area contributed by atoms with Crippen molar-refractivity contribution in [3.63, 3.8) is 0 Å². The first-order chi connectivity index (χ1) is 14.1. The van der Waals surface area contributed by atoms with Crippen molar-refractivity contribution in [2.24, 2.45) is 23.5 Å². The minimum atomic E-state index is -0.253. The lowest BCUT2D eigenvalue weighted by molar-refractivity contribution is -0.128. The van der Waals surface area contributed by atoms with Crippen LogP contribution in [-0.4, -0.2) is 22.8 Å². The fourth-order valence-corrected chi connectivity index (χ4v) is 4.79. The molecule has 2 aromatic rings. The highest BCUT2D eigenvalue weighted by atomic mass is 16.2. The van der Waals surface area contributed by atoms with Crippen molar-refractivity contribution in [3.8, 4) is 0 Å². The molecule has 2 fully saturated rings. The topological polar surface area (TPSA) is 97.1 Å². The van der Waals surface area contributed by atoms with Crippen LogP contribution in [0.1, 0.15) is 48.2 Å². The van der Waals surface area contributed by atoms with Crippen molar-refractivity contribution in [1.29, 1.82) is 0 Å². The number of pyridine rings is 1. The second-order valence-corrected chi connectivity index (χ2v) is 8.28. The van der Waals surface area contributed by atoms with Crippen LogP contribution < -0.4 is 16.4 Å². The second-order valence-electron chi connectivity index (χ2n) is 8.28. The van der Waals surface area contributed by atoms with Gasteiger partial charge in [0.05, 0.1) is 0 Å². The Labute approximate surface area is 171 Å². The summed E-state index contributed by atoms with van der Waals surface area (Å²) in [6, 6.07) is 13.0. The van der Waals surface area contributed by atoms with Gasteiger partial charge in [-0.15, -0.1) is 0 Å². The maximum atomic E-state index is 12.7. The van der Waals surface area contributed by atoms with Gasteiger partial charge >= 0.3 is 0 Å². The van der Waals surface area contributed by atoms with Crippen LogP contribution in [0, 0.1) is 17.8 Å². The summed E-state index contributed by atoms with van der Waals surface area (Å²) >= 11 is 0. The van der Waals surface area contributed by atoms with Gasteiger partial charge in [-0.2, -0.15) is 0 Å². The zero-order valence-corrected chi connectivity index (χ0v) is 16.5. The van der Waals surface area contributed by atoms with E-state index in [1.807, 2.05) is 24.3 Å². The highest BCUT2D eigenvalue weighted by Gasteiger charge is 2.40. The maximum absolute atomic E-state index is 12.7. The van der Waals surface area contributed by atoms with E-state index in [9.17, 15) is 9.59 Å². The van der Waals surface area contributed by atoms with E-state index < -0.39 is 0 Å². The van der Waals surface area contributed by atoms with Crippen LogP contribution in [0.3, 0.4) is 0 Å². The van der Waals surface area contributed by atoms with Gasteiger partial charge in [0.25, 0.3) is 5.91 Å². The normalized spacial score (nSPS) is 25.8. The Balaban J connectivity index is 1.32. The Morgan fingerprint density at radius 1 is 1.07 bits per heavy atom. The Morgan fingerprint density at radius 3 is 2.59 bits per heavy atom. The van der Waals surface area contributed by atoms with Crippen molar-refractivity contribution >= 4 is 17.5 Å². The van der Waals surface area contributed by atoms with Gasteiger partial charge < -0.3 is 16.4 Å². The Morgan fingerprint density at radius 2 is 1.86 bits per heavy atom. The van der Waals surface area contributed by atoms with E-state index in [1.54, 1.807) is 24.4 Å². The van der Waals surface area contributed by atoms with Gasteiger partial charge in [-0.25, -0.2) is 0 Å². The largest absolute Gasteiger partial charge is 0.352 e. The number of hydrogen-bond acceptors (Lipinski definition) is 4. The van der Waals surface area contributed by atoms with E-state index >= 15 is 0 Å². The molecule has 0 radical (unpaired) electrons. The molecule has 29 heavy (non-hydrogen) atoms. The van der Waals surface area contributed by atoms with E-state index in [0.29, 0.717) is 29.8 Å². The summed E-state index contributed by atoms with van der Waals surface area (Å²) in [5, 5.41) is 5.93. The molecule has 2 unspecified atom stereocenters. The molecule has 1 heterocycles. The quantitative estimate of drug-likeness (QED) is 0.728. The predicted octanol–water partition coefficient (Wildman–Crippen LogP) is 3.10. The fraction of sp³-hybridized carbons (Fsp3) is 0.435. The van der Waals surface area contributed by atoms with Crippen LogP contribution in [0.15, 0.2) is 48.7 Å². The lowest BCUT2D eigenvalue weighted by Crippen LogP contribution is -2.49. The van der Waals surface area contributed by atoms with Gasteiger partial charge in [0.15, 0.2) is 0 Å². The number of rotatable bonds is 5. The highest BCUT2D eigenvalue weighted by Crippen LogP contribution is 2.41. The molecule has 6 heteroatoms. The van der Waals surface area contributed by atoms with Crippen LogP contribution in [0.4, 0.5) is 5.69 Å². The van der Waals surface area contributed by atoms with Gasteiger partial charge in [0, 0.05) is 30.4 Å². The Bertz CT molecular complexity index is 856. The van der Waals surface area contributed by atoms with E-state index in [4.69, 9.17) is 5.73 Å². The van der Waals surface area contributed by atoms with Crippen molar-refractivity contribution < 1.29 is 9.59 Å². The number of carbonyl (C=O) groups excluding carboxylic acids is 2. The zero-order valence-electron chi connectivity index (χ0n) is 16.5. The molecule has 2 aliphatic rings. The standard InChI is InChI=1S/C23H28N4O2/c24-21-16-6-4-7-17(21)13-18(12-16)22(28)26-14-15-5-3-8-19(11-15)27-23(29)20-9-1-2-10-25-20/h1-3,5,8-11,16-18,21H,4,6-7,12-14,24H2,(H,26,28)(H,27,29). The van der Waals surface area contributed by atoms with Gasteiger partial charge in [-0.3, -0.25) is 14.6 Å². The summed E-state index contributed by atoms with van der Waals surface area (Å²) < 4.78 is 0. The molecule has 1 aromatic heterocycles. The van der Waals surface area contributed by atoms with Crippen LogP contribution in [0.2, 0.25) is 0 Å². The Hall–Kier alpha value is -2.73. The molecule has 2 bridgehead atoms. The first-order valence-corrected chi connectivity index (χ1v) is 10.4. The number of carbonyl (C=O) groups is 2. The molecule has 2 saturated carbocycles. The molecule has 2 aliphatic carbocycles. The third-order valence-electron chi connectivity index (χ3n) is 6.33. The number of amides is 2. The molecular formula is C23H28N4O2. The zero-order chi connectivity index (χ0) is 20.2. The molecule has 4 N–H and O–H groups in total. The number of nitrogens with two attached hydrogens (primary N) is 1. The molecule has 152 valence electrons. The number of fused-ring (bicyclic) bond motifs is 2. The molecule has 0 aliphatic heterocycles. The summed E-state index contributed by atoms with van der Waals surface area (Å²) in [6.07, 6.45) is 6.95. The van der Waals surface area contributed by atoms with Gasteiger partial charge in [0.2, 0.25) is 5.91 Å². The molecule has 6 nitrogen and oxygen atoms in total. The third kappa shape index (κ3) is 4.65. The van der Waals surface area contributed by atoms with E-state index in [1.165, 1.54) is 6.42 Å². The van der Waals surface area contributed by atoms with Crippen molar-refractivity contribution in [2.45, 2.75) is 44.7 Å². The van der Waals surface area contributed by atoms with Crippen LogP contribution >= 0.6 is 0 Å². The van der Waals surface area contributed by atoms with Crippen molar-refractivity contribution in [2.75, 3.05) is 5.32 Å². The summed E-state index contributed by atoms with van der Waals surface area (Å²) in [7, 11) is 0. The average Bonchev–Trinajstić information content (AvgIpc) is 2.73. The van der Waals surface area contributed by atoms with Crippen LogP contribution in [-0.2, 0) is 11.3 Å². The summed E-state index contributed by atoms with van der Waals surface area (Å²) in [5.41, 5.74) is 8.34. The molecule has 1 aromatic carbocycles. The molecule has 2 atom stereocenters. The number of anilines is 1. The summed E-state index contributed by atoms with van der Waals surface area (Å²) in [4.78, 5) is 29.1. The van der Waals surface area contributed by atoms with E-state index in [-0.39, 0.29) is 23.8 Å². The molecule has 0 saturated heterocycles. The van der Waals surface area contributed by atoms with E-state index in [2.05, 4.69) is 15.6 Å². The van der Waals surface area contributed by atoms with Gasteiger partial charge in [-0.05, 0) is 67.3 Å². The first kappa shape index (κ1) is 19.6. The number of benzene rings is 1. The summed E-state index contributed by atoms with van der Waals surface area (Å²) in [6.45, 7) is 0.448. The lowest BCUT2D eigenvalue weighted by atomic mass is 9.65. The monoisotopic (exact) mass is 392 g/mol. The lowest BCUT2D eigenvalue weighted by Gasteiger charge is -2.43. The SMILES string of the molecule is NC1C2CCCC1CC(C(=O)NCc1cccc(NC(=O)c3ccccn3)c1)C2. The van der Waals surface area contributed by atoms with Gasteiger partial charge in [0.1, 0.15) is 5.69 Å². The average molecular weight is 393 g/mol. The summed E-state index contributed by atoms with van der Waals surface area (Å²) in [5.74, 6) is 0.914. The predicted molar refractivity (Wildman–Crippen MR) is 112 cm³/mol. The minimum absolute atomic E-state index is 0.0668. The van der Waals surface area contributed by atoms with Crippen molar-refractivity contribution in [1.82, 2.24) is 10.3 Å². The smallest absolute Gasteiger partial charge is 0.274 e. The molecule has 0 spiro atoms. The fourth-order valence-electron chi connectivity index (χ4n) is 4.79. The van der Waals surface area contributed by atoms with Crippen LogP contribution in [0.25, 0.3) is 0 Å². The second kappa shape index (κ2) is 8.74. The highest BCUT2D eigenvalue weighted by molar-refractivity contribution is 6.02. The van der Waals surface area contributed by atoms with Gasteiger partial charge in [-0.1, -0.05) is 24.6 Å². The minimum Gasteiger partial charge on any atom is -0.352 e. The molecule has 2 amide bonds. The third-order valence-corrected chi connectivity index (χ3v) is 6.33. The van der Waals surface area contributed by atoms with Crippen LogP contribution in [0.5, 0.6) is 0 Å². The molecule has 4 rings (SSSR count). The number of hydrogen-bond donors (Lipinski definition) is 3. The number of nitrogens with zero attached hydrogens (tertiary/aromatic N) is 1. The number of aromatic nitrogens is 1. The Kier molecular flexibility index (Phi) is 5.90. The molecular weight excluding hydrogens is 364 g/mol. The van der Waals surface area contributed by atoms with Crippen molar-refractivity contribution in [3.05, 3.63) is 59.9 Å². The first-order valence-electron chi connectivity index (χ1n) is 10.4. The van der Waals surface area contributed by atoms with E-state index in [0.717, 1.165) is 31.2 Å². The maximum Gasteiger partial charge on any atom is 0.274 e. The number of nitrogens with one attached hydrogen (secondary N) is 2.